The van der Waals surface area contributed by atoms with Gasteiger partial charge in [-0.2, -0.15) is 0 Å². The third-order valence-corrected chi connectivity index (χ3v) is 7.93. The predicted molar refractivity (Wildman–Crippen MR) is 130 cm³/mol. The summed E-state index contributed by atoms with van der Waals surface area (Å²) in [6.45, 7) is 5.96. The summed E-state index contributed by atoms with van der Waals surface area (Å²) >= 11 is 0. The Morgan fingerprint density at radius 3 is 2.47 bits per heavy atom. The number of methoxy groups -OCH3 is 1. The lowest BCUT2D eigenvalue weighted by molar-refractivity contribution is -0.131. The molecule has 2 aromatic carbocycles. The Labute approximate surface area is 200 Å². The van der Waals surface area contributed by atoms with Crippen molar-refractivity contribution in [2.24, 2.45) is 0 Å². The van der Waals surface area contributed by atoms with Crippen molar-refractivity contribution in [3.05, 3.63) is 59.8 Å². The van der Waals surface area contributed by atoms with Crippen LogP contribution < -0.4 is 9.64 Å². The standard InChI is InChI=1S/C25H29N3O5S/c1-18-8-9-20(23-16-19(2)26-33-23)17-24(18)34(30,31)15-10-25(29)28-13-11-27(12-14-28)21-6-4-5-7-22(21)32-3/h4-9,16-17H,10-15H2,1-3H3. The molecule has 0 bridgehead atoms. The molecule has 4 rings (SSSR count). The summed E-state index contributed by atoms with van der Waals surface area (Å²) in [7, 11) is -2.01. The molecule has 34 heavy (non-hydrogen) atoms. The number of para-hydroxylation sites is 2. The minimum atomic E-state index is -3.65. The number of hydrogen-bond acceptors (Lipinski definition) is 7. The summed E-state index contributed by atoms with van der Waals surface area (Å²) in [6.07, 6.45) is -0.0535. The van der Waals surface area contributed by atoms with Crippen LogP contribution in [0.15, 0.2) is 57.9 Å². The lowest BCUT2D eigenvalue weighted by Crippen LogP contribution is -2.49. The summed E-state index contributed by atoms with van der Waals surface area (Å²) in [5, 5.41) is 3.87. The van der Waals surface area contributed by atoms with Crippen LogP contribution in [0.3, 0.4) is 0 Å². The van der Waals surface area contributed by atoms with E-state index in [4.69, 9.17) is 9.26 Å². The van der Waals surface area contributed by atoms with E-state index in [1.54, 1.807) is 50.1 Å². The number of sulfone groups is 1. The van der Waals surface area contributed by atoms with E-state index in [-0.39, 0.29) is 23.0 Å². The van der Waals surface area contributed by atoms with E-state index in [1.807, 2.05) is 24.3 Å². The van der Waals surface area contributed by atoms with Gasteiger partial charge in [0.2, 0.25) is 5.91 Å². The third kappa shape index (κ3) is 5.09. The van der Waals surface area contributed by atoms with E-state index >= 15 is 0 Å². The Bertz CT molecular complexity index is 1280. The van der Waals surface area contributed by atoms with Crippen LogP contribution in [0.2, 0.25) is 0 Å². The van der Waals surface area contributed by atoms with Crippen molar-refractivity contribution in [3.8, 4) is 17.1 Å². The molecule has 1 saturated heterocycles. The fourth-order valence-electron chi connectivity index (χ4n) is 4.17. The molecule has 0 spiro atoms. The number of rotatable bonds is 7. The Morgan fingerprint density at radius 2 is 1.79 bits per heavy atom. The fraction of sp³-hybridized carbons (Fsp3) is 0.360. The van der Waals surface area contributed by atoms with Crippen molar-refractivity contribution in [2.75, 3.05) is 43.9 Å². The highest BCUT2D eigenvalue weighted by atomic mass is 32.2. The number of aryl methyl sites for hydroxylation is 2. The molecule has 8 nitrogen and oxygen atoms in total. The summed E-state index contributed by atoms with van der Waals surface area (Å²) in [5.41, 5.74) is 3.00. The number of anilines is 1. The number of benzene rings is 2. The number of hydrogen-bond donors (Lipinski definition) is 0. The van der Waals surface area contributed by atoms with Crippen LogP contribution >= 0.6 is 0 Å². The minimum Gasteiger partial charge on any atom is -0.495 e. The zero-order valence-corrected chi connectivity index (χ0v) is 20.5. The lowest BCUT2D eigenvalue weighted by atomic mass is 10.1. The summed E-state index contributed by atoms with van der Waals surface area (Å²) < 4.78 is 36.9. The van der Waals surface area contributed by atoms with E-state index in [2.05, 4.69) is 10.1 Å². The fourth-order valence-corrected chi connectivity index (χ4v) is 5.69. The molecule has 0 saturated carbocycles. The molecule has 0 aliphatic carbocycles. The summed E-state index contributed by atoms with van der Waals surface area (Å²) in [4.78, 5) is 16.9. The quantitative estimate of drug-likeness (QED) is 0.508. The maximum atomic E-state index is 13.1. The van der Waals surface area contributed by atoms with Crippen LogP contribution in [0, 0.1) is 13.8 Å². The zero-order chi connectivity index (χ0) is 24.3. The first kappa shape index (κ1) is 23.8. The highest BCUT2D eigenvalue weighted by Crippen LogP contribution is 2.29. The maximum Gasteiger partial charge on any atom is 0.223 e. The molecule has 180 valence electrons. The molecule has 9 heteroatoms. The van der Waals surface area contributed by atoms with Crippen molar-refractivity contribution >= 4 is 21.4 Å². The number of ether oxygens (including phenoxy) is 1. The van der Waals surface area contributed by atoms with Crippen molar-refractivity contribution in [3.63, 3.8) is 0 Å². The highest BCUT2D eigenvalue weighted by Gasteiger charge is 2.25. The number of nitrogens with zero attached hydrogens (tertiary/aromatic N) is 3. The Balaban J connectivity index is 1.38. The number of aromatic nitrogens is 1. The SMILES string of the molecule is COc1ccccc1N1CCN(C(=O)CCS(=O)(=O)c2cc(-c3cc(C)no3)ccc2C)CC1. The van der Waals surface area contributed by atoms with E-state index in [1.165, 1.54) is 0 Å². The molecule has 1 fully saturated rings. The van der Waals surface area contributed by atoms with E-state index < -0.39 is 9.84 Å². The van der Waals surface area contributed by atoms with Gasteiger partial charge >= 0.3 is 0 Å². The van der Waals surface area contributed by atoms with Gasteiger partial charge in [-0.3, -0.25) is 4.79 Å². The molecule has 1 aromatic heterocycles. The molecule has 0 unspecified atom stereocenters. The first-order valence-electron chi connectivity index (χ1n) is 11.2. The molecule has 2 heterocycles. The third-order valence-electron chi connectivity index (χ3n) is 6.08. The van der Waals surface area contributed by atoms with Gasteiger partial charge in [-0.25, -0.2) is 8.42 Å². The maximum absolute atomic E-state index is 13.1. The molecule has 0 atom stereocenters. The van der Waals surface area contributed by atoms with Gasteiger partial charge in [0.25, 0.3) is 0 Å². The molecular formula is C25H29N3O5S. The van der Waals surface area contributed by atoms with Gasteiger partial charge in [0.1, 0.15) is 5.75 Å². The summed E-state index contributed by atoms with van der Waals surface area (Å²) in [6, 6.07) is 14.7. The first-order valence-corrected chi connectivity index (χ1v) is 12.9. The van der Waals surface area contributed by atoms with Crippen molar-refractivity contribution in [1.29, 1.82) is 0 Å². The molecule has 0 radical (unpaired) electrons. The molecule has 3 aromatic rings. The Hall–Kier alpha value is -3.33. The van der Waals surface area contributed by atoms with E-state index in [9.17, 15) is 13.2 Å². The van der Waals surface area contributed by atoms with Crippen LogP contribution in [0.25, 0.3) is 11.3 Å². The van der Waals surface area contributed by atoms with Gasteiger partial charge in [-0.1, -0.05) is 29.4 Å². The van der Waals surface area contributed by atoms with Crippen molar-refractivity contribution < 1.29 is 22.5 Å². The first-order chi connectivity index (χ1) is 16.3. The molecule has 1 aliphatic rings. The van der Waals surface area contributed by atoms with Gasteiger partial charge in [0, 0.05) is 44.2 Å². The summed E-state index contributed by atoms with van der Waals surface area (Å²) in [5.74, 6) is 0.922. The second-order valence-corrected chi connectivity index (χ2v) is 10.5. The average Bonchev–Trinajstić information content (AvgIpc) is 3.29. The second kappa shape index (κ2) is 9.89. The second-order valence-electron chi connectivity index (χ2n) is 8.42. The van der Waals surface area contributed by atoms with Crippen LogP contribution in [0.1, 0.15) is 17.7 Å². The minimum absolute atomic E-state index is 0.0535. The average molecular weight is 484 g/mol. The number of piperazine rings is 1. The van der Waals surface area contributed by atoms with Crippen molar-refractivity contribution in [2.45, 2.75) is 25.2 Å². The van der Waals surface area contributed by atoms with Crippen LogP contribution in [-0.4, -0.2) is 63.4 Å². The molecule has 1 amide bonds. The zero-order valence-electron chi connectivity index (χ0n) is 19.7. The Morgan fingerprint density at radius 1 is 1.06 bits per heavy atom. The molecular weight excluding hydrogens is 454 g/mol. The normalized spacial score (nSPS) is 14.3. The van der Waals surface area contributed by atoms with Crippen molar-refractivity contribution in [1.82, 2.24) is 10.1 Å². The Kier molecular flexibility index (Phi) is 6.92. The van der Waals surface area contributed by atoms with Gasteiger partial charge in [0.15, 0.2) is 15.6 Å². The molecule has 0 N–H and O–H groups in total. The van der Waals surface area contributed by atoms with Crippen LogP contribution in [0.5, 0.6) is 5.75 Å². The van der Waals surface area contributed by atoms with Gasteiger partial charge in [-0.15, -0.1) is 0 Å². The largest absolute Gasteiger partial charge is 0.495 e. The smallest absolute Gasteiger partial charge is 0.223 e. The van der Waals surface area contributed by atoms with Gasteiger partial charge < -0.3 is 19.1 Å². The number of amides is 1. The van der Waals surface area contributed by atoms with E-state index in [0.717, 1.165) is 17.1 Å². The van der Waals surface area contributed by atoms with Gasteiger partial charge in [-0.05, 0) is 37.6 Å². The van der Waals surface area contributed by atoms with Crippen LogP contribution in [-0.2, 0) is 14.6 Å². The number of carbonyl (C=O) groups excluding carboxylic acids is 1. The number of carbonyl (C=O) groups is 1. The topological polar surface area (TPSA) is 93.0 Å². The predicted octanol–water partition coefficient (Wildman–Crippen LogP) is 3.48. The van der Waals surface area contributed by atoms with Crippen LogP contribution in [0.4, 0.5) is 5.69 Å². The monoisotopic (exact) mass is 483 g/mol. The van der Waals surface area contributed by atoms with Gasteiger partial charge in [0.05, 0.1) is 29.1 Å². The van der Waals surface area contributed by atoms with E-state index in [0.29, 0.717) is 43.1 Å². The molecule has 1 aliphatic heterocycles. The lowest BCUT2D eigenvalue weighted by Gasteiger charge is -2.36. The highest BCUT2D eigenvalue weighted by molar-refractivity contribution is 7.91.